The summed E-state index contributed by atoms with van der Waals surface area (Å²) < 4.78 is 5.19. The summed E-state index contributed by atoms with van der Waals surface area (Å²) in [6.07, 6.45) is 2.16. The molecule has 0 saturated carbocycles. The summed E-state index contributed by atoms with van der Waals surface area (Å²) in [7, 11) is 1.63. The maximum Gasteiger partial charge on any atom is 0.254 e. The lowest BCUT2D eigenvalue weighted by Gasteiger charge is -2.22. The van der Waals surface area contributed by atoms with Gasteiger partial charge in [-0.2, -0.15) is 10.8 Å². The van der Waals surface area contributed by atoms with Crippen LogP contribution in [0.2, 0.25) is 0 Å². The standard InChI is InChI=1S/C18H24N4O3S/c1-24-14-4-2-13(3-5-14)16-10-15(18(26-16)22-25-19)17(23)21-11-12-6-8-20-9-7-12/h2-5,10,12,20,22H,6-9,11,19H2,1H3,(H,21,23). The molecule has 7 nitrogen and oxygen atoms in total. The molecule has 1 aromatic carbocycles. The first-order valence-electron chi connectivity index (χ1n) is 8.60. The van der Waals surface area contributed by atoms with E-state index >= 15 is 0 Å². The molecule has 0 unspecified atom stereocenters. The Hall–Kier alpha value is -2.13. The van der Waals surface area contributed by atoms with Crippen LogP contribution in [0.4, 0.5) is 5.00 Å². The quantitative estimate of drug-likeness (QED) is 0.554. The molecule has 0 aliphatic carbocycles. The van der Waals surface area contributed by atoms with Crippen LogP contribution in [0.1, 0.15) is 23.2 Å². The molecule has 0 atom stereocenters. The van der Waals surface area contributed by atoms with Crippen LogP contribution in [0.25, 0.3) is 10.4 Å². The maximum absolute atomic E-state index is 12.7. The van der Waals surface area contributed by atoms with E-state index in [1.165, 1.54) is 11.3 Å². The Morgan fingerprint density at radius 2 is 2.04 bits per heavy atom. The first-order valence-corrected chi connectivity index (χ1v) is 9.42. The van der Waals surface area contributed by atoms with Crippen molar-refractivity contribution in [2.45, 2.75) is 12.8 Å². The number of hydrogen-bond donors (Lipinski definition) is 4. The highest BCUT2D eigenvalue weighted by Gasteiger charge is 2.19. The van der Waals surface area contributed by atoms with Gasteiger partial charge < -0.3 is 15.4 Å². The van der Waals surface area contributed by atoms with Crippen molar-refractivity contribution in [1.82, 2.24) is 10.6 Å². The maximum atomic E-state index is 12.7. The number of piperidine rings is 1. The Kier molecular flexibility index (Phi) is 6.45. The van der Waals surface area contributed by atoms with Crippen LogP contribution in [0.3, 0.4) is 0 Å². The number of methoxy groups -OCH3 is 1. The minimum atomic E-state index is -0.126. The smallest absolute Gasteiger partial charge is 0.254 e. The lowest BCUT2D eigenvalue weighted by atomic mass is 9.98. The highest BCUT2D eigenvalue weighted by atomic mass is 32.1. The number of nitrogens with one attached hydrogen (secondary N) is 3. The summed E-state index contributed by atoms with van der Waals surface area (Å²) in [6.45, 7) is 2.69. The predicted octanol–water partition coefficient (Wildman–Crippen LogP) is 2.37. The summed E-state index contributed by atoms with van der Waals surface area (Å²) in [4.78, 5) is 18.1. The number of thiophene rings is 1. The van der Waals surface area contributed by atoms with Gasteiger partial charge in [-0.15, -0.1) is 11.3 Å². The number of carbonyl (C=O) groups is 1. The normalized spacial score (nSPS) is 14.8. The minimum absolute atomic E-state index is 0.126. The Labute approximate surface area is 156 Å². The molecule has 0 spiro atoms. The van der Waals surface area contributed by atoms with E-state index in [4.69, 9.17) is 10.6 Å². The van der Waals surface area contributed by atoms with Crippen LogP contribution in [0.5, 0.6) is 5.75 Å². The zero-order valence-corrected chi connectivity index (χ0v) is 15.5. The summed E-state index contributed by atoms with van der Waals surface area (Å²) in [6, 6.07) is 9.53. The van der Waals surface area contributed by atoms with Crippen molar-refractivity contribution in [3.63, 3.8) is 0 Å². The molecule has 26 heavy (non-hydrogen) atoms. The van der Waals surface area contributed by atoms with Crippen molar-refractivity contribution >= 4 is 22.2 Å². The molecule has 2 aromatic rings. The fraction of sp³-hybridized carbons (Fsp3) is 0.389. The van der Waals surface area contributed by atoms with Gasteiger partial charge in [0.05, 0.1) is 12.7 Å². The van der Waals surface area contributed by atoms with Gasteiger partial charge in [-0.25, -0.2) is 5.48 Å². The Morgan fingerprint density at radius 3 is 2.69 bits per heavy atom. The molecule has 3 rings (SSSR count). The van der Waals surface area contributed by atoms with Crippen LogP contribution >= 0.6 is 11.3 Å². The molecule has 2 heterocycles. The van der Waals surface area contributed by atoms with Crippen LogP contribution in [0.15, 0.2) is 30.3 Å². The SMILES string of the molecule is COc1ccc(-c2cc(C(=O)NCC3CCNCC3)c(NON)s2)cc1. The Morgan fingerprint density at radius 1 is 1.31 bits per heavy atom. The van der Waals surface area contributed by atoms with Gasteiger partial charge in [0, 0.05) is 11.4 Å². The zero-order chi connectivity index (χ0) is 18.4. The first-order chi connectivity index (χ1) is 12.7. The predicted molar refractivity (Wildman–Crippen MR) is 103 cm³/mol. The number of hydrogen-bond acceptors (Lipinski definition) is 7. The second-order valence-corrected chi connectivity index (χ2v) is 7.26. The monoisotopic (exact) mass is 376 g/mol. The van der Waals surface area contributed by atoms with Gasteiger partial charge in [0.15, 0.2) is 0 Å². The van der Waals surface area contributed by atoms with E-state index in [-0.39, 0.29) is 5.91 Å². The molecule has 1 amide bonds. The van der Waals surface area contributed by atoms with Gasteiger partial charge in [-0.3, -0.25) is 4.79 Å². The van der Waals surface area contributed by atoms with Gasteiger partial charge in [0.2, 0.25) is 0 Å². The number of amides is 1. The van der Waals surface area contributed by atoms with Crippen molar-refractivity contribution in [3.05, 3.63) is 35.9 Å². The van der Waals surface area contributed by atoms with E-state index in [0.29, 0.717) is 23.0 Å². The fourth-order valence-corrected chi connectivity index (χ4v) is 4.01. The topological polar surface area (TPSA) is 97.6 Å². The van der Waals surface area contributed by atoms with Crippen molar-refractivity contribution in [2.75, 3.05) is 32.2 Å². The fourth-order valence-electron chi connectivity index (χ4n) is 3.00. The van der Waals surface area contributed by atoms with Crippen LogP contribution in [-0.2, 0) is 4.94 Å². The van der Waals surface area contributed by atoms with E-state index in [2.05, 4.69) is 21.1 Å². The lowest BCUT2D eigenvalue weighted by Crippen LogP contribution is -2.36. The van der Waals surface area contributed by atoms with E-state index in [1.807, 2.05) is 30.3 Å². The largest absolute Gasteiger partial charge is 0.497 e. The molecule has 1 aliphatic heterocycles. The average molecular weight is 376 g/mol. The lowest BCUT2D eigenvalue weighted by molar-refractivity contribution is 0.0944. The molecule has 0 bridgehead atoms. The third-order valence-corrected chi connectivity index (χ3v) is 5.59. The molecule has 1 aromatic heterocycles. The molecule has 1 saturated heterocycles. The molecule has 5 N–H and O–H groups in total. The number of rotatable bonds is 7. The van der Waals surface area contributed by atoms with Crippen molar-refractivity contribution < 1.29 is 14.5 Å². The molecule has 140 valence electrons. The number of nitrogens with two attached hydrogens (primary N) is 1. The van der Waals surface area contributed by atoms with Crippen LogP contribution in [-0.4, -0.2) is 32.7 Å². The molecular weight excluding hydrogens is 352 g/mol. The van der Waals surface area contributed by atoms with E-state index in [0.717, 1.165) is 42.1 Å². The van der Waals surface area contributed by atoms with Crippen molar-refractivity contribution in [1.29, 1.82) is 0 Å². The second-order valence-electron chi connectivity index (χ2n) is 6.21. The van der Waals surface area contributed by atoms with Crippen molar-refractivity contribution in [2.24, 2.45) is 11.8 Å². The highest BCUT2D eigenvalue weighted by molar-refractivity contribution is 7.19. The molecule has 0 radical (unpaired) electrons. The highest BCUT2D eigenvalue weighted by Crippen LogP contribution is 2.36. The van der Waals surface area contributed by atoms with Gasteiger partial charge in [0.25, 0.3) is 5.91 Å². The van der Waals surface area contributed by atoms with E-state index in [1.54, 1.807) is 7.11 Å². The van der Waals surface area contributed by atoms with E-state index < -0.39 is 0 Å². The molecular formula is C18H24N4O3S. The number of ether oxygens (including phenoxy) is 1. The minimum Gasteiger partial charge on any atom is -0.497 e. The second kappa shape index (κ2) is 9.00. The van der Waals surface area contributed by atoms with Gasteiger partial charge >= 0.3 is 0 Å². The van der Waals surface area contributed by atoms with Crippen LogP contribution in [0, 0.1) is 5.92 Å². The first kappa shape index (κ1) is 18.7. The van der Waals surface area contributed by atoms with Gasteiger partial charge in [-0.1, -0.05) is 0 Å². The molecule has 1 fully saturated rings. The Balaban J connectivity index is 1.74. The molecule has 8 heteroatoms. The third-order valence-electron chi connectivity index (χ3n) is 4.51. The summed E-state index contributed by atoms with van der Waals surface area (Å²) in [5.41, 5.74) is 4.13. The Bertz CT molecular complexity index is 727. The molecule has 1 aliphatic rings. The zero-order valence-electron chi connectivity index (χ0n) is 14.7. The number of benzene rings is 1. The summed E-state index contributed by atoms with van der Waals surface area (Å²) in [5.74, 6) is 6.32. The summed E-state index contributed by atoms with van der Waals surface area (Å²) in [5, 5.41) is 6.95. The van der Waals surface area contributed by atoms with Crippen LogP contribution < -0.4 is 26.7 Å². The van der Waals surface area contributed by atoms with Gasteiger partial charge in [-0.05, 0) is 67.7 Å². The van der Waals surface area contributed by atoms with E-state index in [9.17, 15) is 4.79 Å². The average Bonchev–Trinajstić information content (AvgIpc) is 3.11. The third kappa shape index (κ3) is 4.53. The summed E-state index contributed by atoms with van der Waals surface area (Å²) >= 11 is 1.41. The number of anilines is 1. The van der Waals surface area contributed by atoms with Crippen molar-refractivity contribution in [3.8, 4) is 16.2 Å². The van der Waals surface area contributed by atoms with Gasteiger partial charge in [0.1, 0.15) is 10.8 Å². The number of carbonyl (C=O) groups excluding carboxylic acids is 1.